The Hall–Kier alpha value is -4.65. The number of alkyl halides is 3. The van der Waals surface area contributed by atoms with Crippen LogP contribution in [-0.4, -0.2) is 95.5 Å². The Morgan fingerprint density at radius 2 is 1.82 bits per heavy atom. The second-order valence-electron chi connectivity index (χ2n) is 19.0. The van der Waals surface area contributed by atoms with Crippen LogP contribution in [0.5, 0.6) is 11.5 Å². The number of rotatable bonds is 6. The van der Waals surface area contributed by atoms with Gasteiger partial charge in [0.1, 0.15) is 29.0 Å². The van der Waals surface area contributed by atoms with Crippen molar-refractivity contribution in [2.24, 2.45) is 11.3 Å². The highest BCUT2D eigenvalue weighted by Gasteiger charge is 2.65. The molecule has 2 aliphatic carbocycles. The predicted octanol–water partition coefficient (Wildman–Crippen LogP) is 5.13. The van der Waals surface area contributed by atoms with E-state index in [2.05, 4.69) is 20.3 Å². The number of nitrogens with zero attached hydrogens (tertiary/aromatic N) is 2. The molecule has 1 aromatic carbocycles. The molecular weight excluding hydrogens is 824 g/mol. The molecular formula is C42H54F3N5O10S. The first-order valence-electron chi connectivity index (χ1n) is 20.6. The molecule has 3 fully saturated rings. The van der Waals surface area contributed by atoms with E-state index in [-0.39, 0.29) is 41.7 Å². The maximum Gasteiger partial charge on any atom is 0.437 e. The number of benzene rings is 1. The van der Waals surface area contributed by atoms with E-state index in [1.165, 1.54) is 39.2 Å². The SMILES string of the molecule is COc1ccc2nc(C(F)(F)F)c3c(c2c1)[C@](C)(O)C[C@]1(C[C@H]2C(=O)N[C@]4(C(=O)NS(=O)(=O)C5(C)CC5)C[C@H]4/C=C\CCCCC[C@H](NC(=O)OCC(C)(C)C)C(=O)N2C1)O3. The highest BCUT2D eigenvalue weighted by Crippen LogP contribution is 2.55. The van der Waals surface area contributed by atoms with Crippen LogP contribution in [0.25, 0.3) is 10.9 Å². The summed E-state index contributed by atoms with van der Waals surface area (Å²) in [6.45, 7) is 7.90. The number of ether oxygens (including phenoxy) is 3. The van der Waals surface area contributed by atoms with Gasteiger partial charge in [-0.05, 0) is 76.0 Å². The summed E-state index contributed by atoms with van der Waals surface area (Å²) in [5.41, 5.74) is -7.75. The number of carbonyl (C=O) groups excluding carboxylic acids is 4. The fraction of sp³-hybridized carbons (Fsp3) is 0.643. The van der Waals surface area contributed by atoms with E-state index in [0.29, 0.717) is 38.5 Å². The number of methoxy groups -OCH3 is 1. The van der Waals surface area contributed by atoms with E-state index in [4.69, 9.17) is 14.2 Å². The molecule has 1 aromatic heterocycles. The summed E-state index contributed by atoms with van der Waals surface area (Å²) < 4.78 is 89.4. The summed E-state index contributed by atoms with van der Waals surface area (Å²) in [4.78, 5) is 61.8. The lowest BCUT2D eigenvalue weighted by Crippen LogP contribution is -2.58. The Balaban J connectivity index is 1.30. The molecule has 0 bridgehead atoms. The van der Waals surface area contributed by atoms with Gasteiger partial charge in [-0.25, -0.2) is 18.2 Å². The van der Waals surface area contributed by atoms with Gasteiger partial charge in [0.2, 0.25) is 21.8 Å². The van der Waals surface area contributed by atoms with Crippen molar-refractivity contribution in [1.29, 1.82) is 0 Å². The lowest BCUT2D eigenvalue weighted by Gasteiger charge is -2.44. The Labute approximate surface area is 352 Å². The van der Waals surface area contributed by atoms with Crippen molar-refractivity contribution in [1.82, 2.24) is 25.2 Å². The van der Waals surface area contributed by atoms with Gasteiger partial charge >= 0.3 is 12.3 Å². The standard InChI is InChI=1S/C42H54F3N5O10S/c1-37(2,3)23-59-36(54)47-28-13-11-9-7-8-10-12-24-19-41(24,35(53)49-61(56,57)38(4)16-17-38)48-33(51)29-20-40(22-50(29)34(28)52)21-39(5,55)30-26-18-25(58-6)14-15-27(26)46-32(31(30)60-40)42(43,44)45/h10,12,14-15,18,24,28-29,55H,7-9,11,13,16-17,19-23H2,1-6H3,(H,47,54)(H,48,51)(H,49,53)/b12-10-/t24-,28+,29+,39-,40+,41-/m1/s1. The van der Waals surface area contributed by atoms with Crippen molar-refractivity contribution in [3.05, 3.63) is 41.6 Å². The minimum absolute atomic E-state index is 0.0165. The number of sulfonamides is 1. The molecule has 4 heterocycles. The summed E-state index contributed by atoms with van der Waals surface area (Å²) >= 11 is 0. The number of carbonyl (C=O) groups is 4. The average Bonchev–Trinajstić information content (AvgIpc) is 4.05. The monoisotopic (exact) mass is 877 g/mol. The molecule has 1 saturated heterocycles. The number of nitrogens with one attached hydrogen (secondary N) is 3. The molecule has 0 radical (unpaired) electrons. The Bertz CT molecular complexity index is 2270. The van der Waals surface area contributed by atoms with Gasteiger partial charge in [0.15, 0.2) is 11.4 Å². The van der Waals surface area contributed by atoms with Gasteiger partial charge < -0.3 is 34.9 Å². The number of hydrogen-bond acceptors (Lipinski definition) is 11. The van der Waals surface area contributed by atoms with Gasteiger partial charge in [0.05, 0.1) is 36.1 Å². The number of amides is 4. The van der Waals surface area contributed by atoms with Crippen molar-refractivity contribution < 1.29 is 60.1 Å². The zero-order chi connectivity index (χ0) is 44.6. The third-order valence-corrected chi connectivity index (χ3v) is 14.6. The molecule has 61 heavy (non-hydrogen) atoms. The fourth-order valence-electron chi connectivity index (χ4n) is 8.80. The summed E-state index contributed by atoms with van der Waals surface area (Å²) in [5, 5.41) is 17.8. The van der Waals surface area contributed by atoms with Crippen LogP contribution < -0.4 is 24.8 Å². The molecule has 0 unspecified atom stereocenters. The number of hydrogen-bond donors (Lipinski definition) is 4. The average molecular weight is 878 g/mol. The molecule has 4 N–H and O–H groups in total. The largest absolute Gasteiger partial charge is 0.497 e. The van der Waals surface area contributed by atoms with Crippen molar-refractivity contribution in [3.8, 4) is 11.5 Å². The maximum atomic E-state index is 14.9. The van der Waals surface area contributed by atoms with Gasteiger partial charge in [0.25, 0.3) is 5.91 Å². The first-order chi connectivity index (χ1) is 28.3. The molecule has 334 valence electrons. The molecule has 7 rings (SSSR count). The van der Waals surface area contributed by atoms with Crippen molar-refractivity contribution >= 4 is 44.7 Å². The predicted molar refractivity (Wildman–Crippen MR) is 215 cm³/mol. The van der Waals surface area contributed by atoms with Crippen LogP contribution in [0.2, 0.25) is 0 Å². The fourth-order valence-corrected chi connectivity index (χ4v) is 10.1. The topological polar surface area (TPSA) is 203 Å². The van der Waals surface area contributed by atoms with E-state index in [1.54, 1.807) is 6.08 Å². The van der Waals surface area contributed by atoms with Crippen molar-refractivity contribution in [3.63, 3.8) is 0 Å². The second-order valence-corrected chi connectivity index (χ2v) is 21.2. The third-order valence-electron chi connectivity index (χ3n) is 12.5. The Morgan fingerprint density at radius 1 is 1.10 bits per heavy atom. The summed E-state index contributed by atoms with van der Waals surface area (Å²) in [6, 6.07) is 1.43. The number of halogens is 3. The molecule has 4 amide bonds. The van der Waals surface area contributed by atoms with Gasteiger partial charge in [-0.1, -0.05) is 45.8 Å². The molecule has 3 aliphatic heterocycles. The van der Waals surface area contributed by atoms with Crippen LogP contribution in [0.3, 0.4) is 0 Å². The third kappa shape index (κ3) is 8.73. The van der Waals surface area contributed by atoms with Crippen LogP contribution in [0.15, 0.2) is 30.4 Å². The van der Waals surface area contributed by atoms with Crippen LogP contribution in [0.1, 0.15) is 110 Å². The van der Waals surface area contributed by atoms with Crippen LogP contribution in [-0.2, 0) is 40.9 Å². The van der Waals surface area contributed by atoms with Gasteiger partial charge in [-0.15, -0.1) is 0 Å². The van der Waals surface area contributed by atoms with Crippen LogP contribution >= 0.6 is 0 Å². The number of fused-ring (bicyclic) bond motifs is 5. The Morgan fingerprint density at radius 3 is 2.48 bits per heavy atom. The minimum Gasteiger partial charge on any atom is -0.497 e. The molecule has 2 aromatic rings. The number of alkyl carbamates (subject to hydrolysis) is 1. The van der Waals surface area contributed by atoms with Crippen LogP contribution in [0.4, 0.5) is 18.0 Å². The highest BCUT2D eigenvalue weighted by atomic mass is 32.2. The minimum atomic E-state index is -5.07. The molecule has 19 heteroatoms. The van der Waals surface area contributed by atoms with Gasteiger partial charge in [0, 0.05) is 29.7 Å². The van der Waals surface area contributed by atoms with Gasteiger partial charge in [-0.3, -0.25) is 19.1 Å². The van der Waals surface area contributed by atoms with Crippen molar-refractivity contribution in [2.45, 2.75) is 139 Å². The molecule has 6 atom stereocenters. The lowest BCUT2D eigenvalue weighted by molar-refractivity contribution is -0.147. The number of aromatic nitrogens is 1. The van der Waals surface area contributed by atoms with E-state index < -0.39 is 116 Å². The maximum absolute atomic E-state index is 14.9. The molecule has 2 saturated carbocycles. The zero-order valence-corrected chi connectivity index (χ0v) is 36.0. The van der Waals surface area contributed by atoms with E-state index >= 15 is 0 Å². The summed E-state index contributed by atoms with van der Waals surface area (Å²) in [5.74, 6) is -3.72. The number of pyridine rings is 1. The van der Waals surface area contributed by atoms with E-state index in [0.717, 1.165) is 4.90 Å². The van der Waals surface area contributed by atoms with Crippen LogP contribution in [0, 0.1) is 11.3 Å². The number of allylic oxidation sites excluding steroid dienone is 1. The summed E-state index contributed by atoms with van der Waals surface area (Å²) in [7, 11) is -2.76. The lowest BCUT2D eigenvalue weighted by atomic mass is 9.77. The van der Waals surface area contributed by atoms with Crippen molar-refractivity contribution in [2.75, 3.05) is 20.3 Å². The van der Waals surface area contributed by atoms with E-state index in [1.807, 2.05) is 26.8 Å². The quantitative estimate of drug-likeness (QED) is 0.281. The smallest absolute Gasteiger partial charge is 0.437 e. The first-order valence-corrected chi connectivity index (χ1v) is 22.1. The Kier molecular flexibility index (Phi) is 11.1. The second kappa shape index (κ2) is 15.3. The first kappa shape index (κ1) is 44.4. The normalized spacial score (nSPS) is 30.7. The molecule has 5 aliphatic rings. The zero-order valence-electron chi connectivity index (χ0n) is 35.2. The van der Waals surface area contributed by atoms with E-state index in [9.17, 15) is 45.9 Å². The van der Waals surface area contributed by atoms with Gasteiger partial charge in [-0.2, -0.15) is 13.2 Å². The molecule has 15 nitrogen and oxygen atoms in total. The highest BCUT2D eigenvalue weighted by molar-refractivity contribution is 7.91. The molecule has 1 spiro atoms. The summed E-state index contributed by atoms with van der Waals surface area (Å²) in [6.07, 6.45) is -0.00779. The number of aliphatic hydroxyl groups is 1.